The second-order valence-corrected chi connectivity index (χ2v) is 5.84. The number of guanidine groups is 1. The molecule has 7 heteroatoms. The number of halogens is 2. The Kier molecular flexibility index (Phi) is 9.11. The molecule has 0 unspecified atom stereocenters. The number of aliphatic imine (C=N–C) groups is 1. The minimum atomic E-state index is -0.243. The molecule has 1 aliphatic heterocycles. The van der Waals surface area contributed by atoms with E-state index in [-0.39, 0.29) is 30.1 Å². The Morgan fingerprint density at radius 1 is 1.45 bits per heavy atom. The predicted molar refractivity (Wildman–Crippen MR) is 103 cm³/mol. The number of rotatable bonds is 5. The van der Waals surface area contributed by atoms with Crippen molar-refractivity contribution in [3.8, 4) is 5.75 Å². The van der Waals surface area contributed by atoms with Crippen molar-refractivity contribution < 1.29 is 9.84 Å². The summed E-state index contributed by atoms with van der Waals surface area (Å²) in [6, 6.07) is 7.76. The average molecular weight is 484 g/mol. The first-order valence-corrected chi connectivity index (χ1v) is 8.08. The summed E-state index contributed by atoms with van der Waals surface area (Å²) in [4.78, 5) is 6.64. The fraction of sp³-hybridized carbons (Fsp3) is 0.533. The Labute approximate surface area is 157 Å². The Morgan fingerprint density at radius 2 is 2.18 bits per heavy atom. The van der Waals surface area contributed by atoms with Crippen LogP contribution in [0, 0.1) is 0 Å². The predicted octanol–water partition coefficient (Wildman–Crippen LogP) is 2.48. The highest BCUT2D eigenvalue weighted by molar-refractivity contribution is 14.0. The van der Waals surface area contributed by atoms with Gasteiger partial charge in [-0.25, -0.2) is 4.99 Å². The highest BCUT2D eigenvalue weighted by Gasteiger charge is 2.22. The van der Waals surface area contributed by atoms with Crippen LogP contribution in [0.1, 0.15) is 13.3 Å². The number of aliphatic hydroxyl groups excluding tert-OH is 1. The van der Waals surface area contributed by atoms with Crippen molar-refractivity contribution in [1.29, 1.82) is 0 Å². The number of β-amino-alcohol motifs (C(OH)–C–C–N with tert-alkyl or cyclic N) is 1. The summed E-state index contributed by atoms with van der Waals surface area (Å²) in [5.41, 5.74) is 0. The Hall–Kier alpha value is -0.540. The van der Waals surface area contributed by atoms with E-state index in [9.17, 15) is 5.11 Å². The van der Waals surface area contributed by atoms with Crippen LogP contribution in [0.4, 0.5) is 0 Å². The molecule has 2 N–H and O–H groups in total. The van der Waals surface area contributed by atoms with Crippen molar-refractivity contribution in [1.82, 2.24) is 10.2 Å². The zero-order valence-corrected chi connectivity index (χ0v) is 16.6. The van der Waals surface area contributed by atoms with E-state index >= 15 is 0 Å². The lowest BCUT2D eigenvalue weighted by Crippen LogP contribution is -2.40. The van der Waals surface area contributed by atoms with Crippen molar-refractivity contribution in [3.63, 3.8) is 0 Å². The van der Waals surface area contributed by atoms with Crippen molar-refractivity contribution in [2.24, 2.45) is 4.99 Å². The van der Waals surface area contributed by atoms with Crippen LogP contribution in [0.15, 0.2) is 33.7 Å². The quantitative estimate of drug-likeness (QED) is 0.292. The number of hydrogen-bond acceptors (Lipinski definition) is 3. The summed E-state index contributed by atoms with van der Waals surface area (Å²) in [6.45, 7) is 5.48. The fourth-order valence-electron chi connectivity index (χ4n) is 2.21. The number of benzene rings is 1. The summed E-state index contributed by atoms with van der Waals surface area (Å²) < 4.78 is 6.69. The molecule has 0 radical (unpaired) electrons. The largest absolute Gasteiger partial charge is 0.492 e. The van der Waals surface area contributed by atoms with Gasteiger partial charge in [0.05, 0.1) is 12.6 Å². The van der Waals surface area contributed by atoms with Gasteiger partial charge in [-0.2, -0.15) is 0 Å². The van der Waals surface area contributed by atoms with E-state index in [4.69, 9.17) is 4.74 Å². The molecule has 5 nitrogen and oxygen atoms in total. The molecule has 0 aliphatic carbocycles. The summed E-state index contributed by atoms with van der Waals surface area (Å²) in [6.07, 6.45) is 0.563. The summed E-state index contributed by atoms with van der Waals surface area (Å²) in [5.74, 6) is 1.70. The third-order valence-electron chi connectivity index (χ3n) is 3.23. The van der Waals surface area contributed by atoms with Crippen LogP contribution in [-0.2, 0) is 0 Å². The molecule has 1 fully saturated rings. The highest BCUT2D eigenvalue weighted by atomic mass is 127. The first-order valence-electron chi connectivity index (χ1n) is 7.28. The van der Waals surface area contributed by atoms with Gasteiger partial charge in [0, 0.05) is 24.1 Å². The SMILES string of the molecule is CCNC(=NCCOc1ccc(Br)cc1)N1CC[C@@H](O)C1.I. The zero-order valence-electron chi connectivity index (χ0n) is 12.7. The number of nitrogens with one attached hydrogen (secondary N) is 1. The Bertz CT molecular complexity index is 470. The standard InChI is InChI=1S/C15H22BrN3O2.HI/c1-2-17-15(19-9-7-13(20)11-19)18-8-10-21-14-5-3-12(16)4-6-14;/h3-6,13,20H,2,7-11H2,1H3,(H,17,18);1H/t13-;/m1./s1. The van der Waals surface area contributed by atoms with Gasteiger partial charge in [0.25, 0.3) is 0 Å². The molecule has 1 heterocycles. The molecular weight excluding hydrogens is 461 g/mol. The molecule has 1 aromatic rings. The average Bonchev–Trinajstić information content (AvgIpc) is 2.91. The molecule has 22 heavy (non-hydrogen) atoms. The monoisotopic (exact) mass is 483 g/mol. The second-order valence-electron chi connectivity index (χ2n) is 4.93. The minimum absolute atomic E-state index is 0. The maximum Gasteiger partial charge on any atom is 0.194 e. The molecule has 0 spiro atoms. The van der Waals surface area contributed by atoms with Crippen molar-refractivity contribution >= 4 is 45.9 Å². The smallest absolute Gasteiger partial charge is 0.194 e. The molecule has 1 aromatic carbocycles. The van der Waals surface area contributed by atoms with Crippen molar-refractivity contribution in [2.45, 2.75) is 19.4 Å². The van der Waals surface area contributed by atoms with Crippen molar-refractivity contribution in [3.05, 3.63) is 28.7 Å². The van der Waals surface area contributed by atoms with Gasteiger partial charge < -0.3 is 20.1 Å². The van der Waals surface area contributed by atoms with E-state index < -0.39 is 0 Å². The molecule has 2 rings (SSSR count). The third-order valence-corrected chi connectivity index (χ3v) is 3.76. The normalized spacial score (nSPS) is 18.0. The Balaban J connectivity index is 0.00000242. The fourth-order valence-corrected chi connectivity index (χ4v) is 2.47. The van der Waals surface area contributed by atoms with Gasteiger partial charge in [0.2, 0.25) is 0 Å². The van der Waals surface area contributed by atoms with Crippen LogP contribution in [0.3, 0.4) is 0 Å². The van der Waals surface area contributed by atoms with Gasteiger partial charge in [0.1, 0.15) is 12.4 Å². The maximum absolute atomic E-state index is 9.61. The van der Waals surface area contributed by atoms with Gasteiger partial charge in [-0.05, 0) is 37.6 Å². The topological polar surface area (TPSA) is 57.1 Å². The van der Waals surface area contributed by atoms with Gasteiger partial charge in [0.15, 0.2) is 5.96 Å². The highest BCUT2D eigenvalue weighted by Crippen LogP contribution is 2.15. The molecule has 0 bridgehead atoms. The van der Waals surface area contributed by atoms with Gasteiger partial charge in [-0.1, -0.05) is 15.9 Å². The number of ether oxygens (including phenoxy) is 1. The van der Waals surface area contributed by atoms with E-state index in [0.29, 0.717) is 19.7 Å². The molecule has 0 saturated carbocycles. The van der Waals surface area contributed by atoms with E-state index in [1.165, 1.54) is 0 Å². The molecule has 1 atom stereocenters. The number of likely N-dealkylation sites (tertiary alicyclic amines) is 1. The number of nitrogens with zero attached hydrogens (tertiary/aromatic N) is 2. The van der Waals surface area contributed by atoms with Crippen LogP contribution in [-0.4, -0.2) is 54.9 Å². The van der Waals surface area contributed by atoms with E-state index in [1.54, 1.807) is 0 Å². The van der Waals surface area contributed by atoms with Gasteiger partial charge in [-0.15, -0.1) is 24.0 Å². The summed E-state index contributed by atoms with van der Waals surface area (Å²) in [5, 5.41) is 12.9. The zero-order chi connectivity index (χ0) is 15.1. The van der Waals surface area contributed by atoms with Crippen molar-refractivity contribution in [2.75, 3.05) is 32.8 Å². The first-order chi connectivity index (χ1) is 10.2. The molecule has 1 saturated heterocycles. The molecule has 124 valence electrons. The molecule has 1 aliphatic rings. The lowest BCUT2D eigenvalue weighted by Gasteiger charge is -2.20. The van der Waals surface area contributed by atoms with Crippen LogP contribution in [0.5, 0.6) is 5.75 Å². The van der Waals surface area contributed by atoms with Crippen LogP contribution in [0.2, 0.25) is 0 Å². The van der Waals surface area contributed by atoms with Crippen LogP contribution in [0.25, 0.3) is 0 Å². The van der Waals surface area contributed by atoms with Crippen LogP contribution >= 0.6 is 39.9 Å². The summed E-state index contributed by atoms with van der Waals surface area (Å²) >= 11 is 3.39. The van der Waals surface area contributed by atoms with E-state index in [1.807, 2.05) is 31.2 Å². The summed E-state index contributed by atoms with van der Waals surface area (Å²) in [7, 11) is 0. The van der Waals surface area contributed by atoms with E-state index in [2.05, 4.69) is 31.1 Å². The lowest BCUT2D eigenvalue weighted by molar-refractivity contribution is 0.187. The Morgan fingerprint density at radius 3 is 2.77 bits per heavy atom. The molecule has 0 aromatic heterocycles. The molecule has 0 amide bonds. The van der Waals surface area contributed by atoms with E-state index in [0.717, 1.165) is 35.7 Å². The number of hydrogen-bond donors (Lipinski definition) is 2. The lowest BCUT2D eigenvalue weighted by atomic mass is 10.3. The second kappa shape index (κ2) is 10.3. The third kappa shape index (κ3) is 6.29. The first kappa shape index (κ1) is 19.5. The van der Waals surface area contributed by atoms with Gasteiger partial charge in [-0.3, -0.25) is 0 Å². The minimum Gasteiger partial charge on any atom is -0.492 e. The van der Waals surface area contributed by atoms with Crippen LogP contribution < -0.4 is 10.1 Å². The maximum atomic E-state index is 9.61. The number of aliphatic hydroxyl groups is 1. The molecular formula is C15H23BrIN3O2. The van der Waals surface area contributed by atoms with Gasteiger partial charge >= 0.3 is 0 Å².